The topological polar surface area (TPSA) is 101 Å². The summed E-state index contributed by atoms with van der Waals surface area (Å²) < 4.78 is 20.7. The maximum absolute atomic E-state index is 13.4. The zero-order valence-corrected chi connectivity index (χ0v) is 15.0. The van der Waals surface area contributed by atoms with Gasteiger partial charge in [-0.1, -0.05) is 17.7 Å². The molecule has 5 unspecified atom stereocenters. The van der Waals surface area contributed by atoms with Gasteiger partial charge in [0.1, 0.15) is 42.2 Å². The molecule has 1 fully saturated rings. The Balaban J connectivity index is 1.66. The summed E-state index contributed by atoms with van der Waals surface area (Å²) in [5.74, 6) is -0.618. The van der Waals surface area contributed by atoms with Gasteiger partial charge in [0.2, 0.25) is 0 Å². The molecule has 2 aromatic heterocycles. The van der Waals surface area contributed by atoms with E-state index in [0.717, 1.165) is 17.1 Å². The van der Waals surface area contributed by atoms with Crippen LogP contribution >= 0.6 is 11.6 Å². The van der Waals surface area contributed by atoms with E-state index in [9.17, 15) is 19.7 Å². The Morgan fingerprint density at radius 3 is 2.74 bits per heavy atom. The number of aliphatic hydroxyl groups excluding tert-OH is 3. The smallest absolute Gasteiger partial charge is 0.164 e. The highest BCUT2D eigenvalue weighted by molar-refractivity contribution is 6.30. The van der Waals surface area contributed by atoms with Gasteiger partial charge in [0.25, 0.3) is 0 Å². The van der Waals surface area contributed by atoms with Crippen molar-refractivity contribution in [2.24, 2.45) is 0 Å². The first-order valence-corrected chi connectivity index (χ1v) is 8.69. The second kappa shape index (κ2) is 6.81. The average Bonchev–Trinajstić information content (AvgIpc) is 3.20. The molecule has 0 aliphatic carbocycles. The number of ether oxygens (including phenoxy) is 1. The van der Waals surface area contributed by atoms with Crippen molar-refractivity contribution in [2.75, 3.05) is 0 Å². The third-order valence-electron chi connectivity index (χ3n) is 4.85. The Labute approximate surface area is 158 Å². The van der Waals surface area contributed by atoms with Crippen LogP contribution in [0, 0.1) is 12.7 Å². The van der Waals surface area contributed by atoms with E-state index >= 15 is 0 Å². The summed E-state index contributed by atoms with van der Waals surface area (Å²) in [5.41, 5.74) is 1.58. The molecular weight excluding hydrogens is 377 g/mol. The van der Waals surface area contributed by atoms with E-state index in [1.54, 1.807) is 16.8 Å². The molecule has 3 aromatic rings. The van der Waals surface area contributed by atoms with Crippen LogP contribution in [0.15, 0.2) is 36.8 Å². The predicted molar refractivity (Wildman–Crippen MR) is 94.6 cm³/mol. The zero-order chi connectivity index (χ0) is 19.3. The predicted octanol–water partition coefficient (Wildman–Crippen LogP) is 1.89. The molecule has 0 saturated carbocycles. The summed E-state index contributed by atoms with van der Waals surface area (Å²) in [7, 11) is 0. The lowest BCUT2D eigenvalue weighted by molar-refractivity contribution is -0.0848. The minimum atomic E-state index is -1.37. The maximum atomic E-state index is 13.4. The first-order chi connectivity index (χ1) is 12.9. The Morgan fingerprint density at radius 2 is 2.00 bits per heavy atom. The third-order valence-corrected chi connectivity index (χ3v) is 5.14. The Bertz CT molecular complexity index is 998. The van der Waals surface area contributed by atoms with Gasteiger partial charge in [0.05, 0.1) is 10.7 Å². The van der Waals surface area contributed by atoms with E-state index in [1.165, 1.54) is 18.5 Å². The van der Waals surface area contributed by atoms with Crippen LogP contribution in [0.5, 0.6) is 0 Å². The molecule has 1 saturated heterocycles. The molecule has 0 bridgehead atoms. The van der Waals surface area contributed by atoms with E-state index in [-0.39, 0.29) is 10.6 Å². The number of aliphatic hydroxyl groups is 3. The van der Waals surface area contributed by atoms with Crippen LogP contribution in [0.2, 0.25) is 5.02 Å². The van der Waals surface area contributed by atoms with Crippen LogP contribution in [0.3, 0.4) is 0 Å². The molecule has 3 heterocycles. The summed E-state index contributed by atoms with van der Waals surface area (Å²) in [5, 5.41) is 32.1. The van der Waals surface area contributed by atoms with Gasteiger partial charge < -0.3 is 24.6 Å². The fourth-order valence-electron chi connectivity index (χ4n) is 3.37. The van der Waals surface area contributed by atoms with Gasteiger partial charge in [-0.15, -0.1) is 0 Å². The number of aromatic nitrogens is 3. The van der Waals surface area contributed by atoms with E-state index < -0.39 is 36.5 Å². The van der Waals surface area contributed by atoms with Crippen LogP contribution in [0.4, 0.5) is 4.39 Å². The molecule has 4 rings (SSSR count). The monoisotopic (exact) mass is 393 g/mol. The number of nitrogens with zero attached hydrogens (tertiary/aromatic N) is 3. The van der Waals surface area contributed by atoms with Gasteiger partial charge in [-0.25, -0.2) is 14.4 Å². The summed E-state index contributed by atoms with van der Waals surface area (Å²) in [6, 6.07) is 5.52. The summed E-state index contributed by atoms with van der Waals surface area (Å²) in [6.07, 6.45) is -2.99. The largest absolute Gasteiger partial charge is 0.387 e. The zero-order valence-electron chi connectivity index (χ0n) is 14.2. The molecular formula is C18H17ClFN3O4. The normalized spacial score (nSPS) is 26.6. The van der Waals surface area contributed by atoms with Crippen LogP contribution in [0.25, 0.3) is 11.0 Å². The van der Waals surface area contributed by atoms with Crippen molar-refractivity contribution in [1.29, 1.82) is 0 Å². The van der Waals surface area contributed by atoms with Crippen molar-refractivity contribution >= 4 is 22.6 Å². The fraction of sp³-hybridized carbons (Fsp3) is 0.333. The third kappa shape index (κ3) is 2.99. The molecule has 1 aliphatic heterocycles. The Morgan fingerprint density at radius 1 is 1.22 bits per heavy atom. The highest BCUT2D eigenvalue weighted by Crippen LogP contribution is 2.38. The van der Waals surface area contributed by atoms with E-state index in [4.69, 9.17) is 16.3 Å². The molecule has 3 N–H and O–H groups in total. The summed E-state index contributed by atoms with van der Waals surface area (Å²) in [6.45, 7) is 1.83. The molecule has 142 valence electrons. The first-order valence-electron chi connectivity index (χ1n) is 8.31. The highest BCUT2D eigenvalue weighted by atomic mass is 35.5. The van der Waals surface area contributed by atoms with Crippen molar-refractivity contribution in [3.8, 4) is 0 Å². The molecule has 1 aliphatic rings. The molecule has 0 amide bonds. The molecule has 27 heavy (non-hydrogen) atoms. The van der Waals surface area contributed by atoms with Crippen LogP contribution < -0.4 is 0 Å². The molecule has 0 radical (unpaired) electrons. The van der Waals surface area contributed by atoms with Crippen molar-refractivity contribution in [3.63, 3.8) is 0 Å². The van der Waals surface area contributed by atoms with Gasteiger partial charge >= 0.3 is 0 Å². The lowest BCUT2D eigenvalue weighted by atomic mass is 9.99. The van der Waals surface area contributed by atoms with E-state index in [2.05, 4.69) is 9.97 Å². The number of hydrogen-bond acceptors (Lipinski definition) is 6. The van der Waals surface area contributed by atoms with Gasteiger partial charge in [-0.3, -0.25) is 0 Å². The van der Waals surface area contributed by atoms with Crippen molar-refractivity contribution in [3.05, 3.63) is 58.9 Å². The lowest BCUT2D eigenvalue weighted by Crippen LogP contribution is -2.34. The quantitative estimate of drug-likeness (QED) is 0.628. The number of hydrogen-bond donors (Lipinski definition) is 3. The van der Waals surface area contributed by atoms with Gasteiger partial charge in [0.15, 0.2) is 6.23 Å². The standard InChI is InChI=1S/C18H17ClFN3O4/c1-8-10-4-5-23(17(10)22-7-21-8)18-15(26)14(25)16(27-18)13(24)9-2-3-12(20)11(19)6-9/h2-7,13-16,18,24-26H,1H3. The van der Waals surface area contributed by atoms with Crippen LogP contribution in [-0.4, -0.2) is 48.2 Å². The van der Waals surface area contributed by atoms with Crippen molar-refractivity contribution < 1.29 is 24.4 Å². The van der Waals surface area contributed by atoms with Crippen LogP contribution in [0.1, 0.15) is 23.6 Å². The minimum absolute atomic E-state index is 0.153. The Kier molecular flexibility index (Phi) is 4.61. The first kappa shape index (κ1) is 18.3. The average molecular weight is 394 g/mol. The number of rotatable bonds is 3. The number of aryl methyl sites for hydroxylation is 1. The van der Waals surface area contributed by atoms with Crippen molar-refractivity contribution in [1.82, 2.24) is 14.5 Å². The summed E-state index contributed by atoms with van der Waals surface area (Å²) in [4.78, 5) is 8.33. The minimum Gasteiger partial charge on any atom is -0.387 e. The summed E-state index contributed by atoms with van der Waals surface area (Å²) >= 11 is 5.76. The molecule has 0 spiro atoms. The second-order valence-electron chi connectivity index (χ2n) is 6.51. The molecule has 1 aromatic carbocycles. The Hall–Kier alpha value is -2.10. The highest BCUT2D eigenvalue weighted by Gasteiger charge is 2.47. The number of fused-ring (bicyclic) bond motifs is 1. The maximum Gasteiger partial charge on any atom is 0.164 e. The SMILES string of the molecule is Cc1ncnc2c1ccn2C1OC(C(O)c2ccc(F)c(Cl)c2)C(O)C1O. The van der Waals surface area contributed by atoms with Crippen molar-refractivity contribution in [2.45, 2.75) is 37.6 Å². The molecule has 9 heteroatoms. The van der Waals surface area contributed by atoms with E-state index in [1.807, 2.05) is 6.92 Å². The molecule has 5 atom stereocenters. The van der Waals surface area contributed by atoms with E-state index in [0.29, 0.717) is 5.65 Å². The lowest BCUT2D eigenvalue weighted by Gasteiger charge is -2.21. The molecule has 7 nitrogen and oxygen atoms in total. The fourth-order valence-corrected chi connectivity index (χ4v) is 3.55. The number of halogens is 2. The van der Waals surface area contributed by atoms with Gasteiger partial charge in [-0.05, 0) is 30.7 Å². The van der Waals surface area contributed by atoms with Crippen LogP contribution in [-0.2, 0) is 4.74 Å². The number of benzene rings is 1. The van der Waals surface area contributed by atoms with Gasteiger partial charge in [-0.2, -0.15) is 0 Å². The second-order valence-corrected chi connectivity index (χ2v) is 6.92. The van der Waals surface area contributed by atoms with Gasteiger partial charge in [0, 0.05) is 11.6 Å².